The van der Waals surface area contributed by atoms with Gasteiger partial charge in [-0.05, 0) is 6.92 Å². The molecule has 2 aromatic rings. The standard InChI is InChI=1S/C15H16FN3O2/c1-9-13(10-5-3-2-4-6-10)17-18-14(9)15(21)19-7-11(16)12(20)8-19/h2-6,11-12,20H,7-8H2,1H3,(H,17,18)/t11-,12-/m1/s1. The summed E-state index contributed by atoms with van der Waals surface area (Å²) in [5.41, 5.74) is 2.68. The number of carbonyl (C=O) groups excluding carboxylic acids is 1. The van der Waals surface area contributed by atoms with Crippen LogP contribution in [0, 0.1) is 6.92 Å². The molecule has 1 aromatic heterocycles. The van der Waals surface area contributed by atoms with Crippen LogP contribution in [0.4, 0.5) is 4.39 Å². The predicted octanol–water partition coefficient (Wildman–Crippen LogP) is 1.54. The van der Waals surface area contributed by atoms with Crippen molar-refractivity contribution in [3.05, 3.63) is 41.6 Å². The van der Waals surface area contributed by atoms with Crippen LogP contribution in [-0.2, 0) is 0 Å². The third kappa shape index (κ3) is 2.42. The number of rotatable bonds is 2. The summed E-state index contributed by atoms with van der Waals surface area (Å²) >= 11 is 0. The molecule has 5 nitrogen and oxygen atoms in total. The average molecular weight is 289 g/mol. The van der Waals surface area contributed by atoms with Crippen LogP contribution >= 0.6 is 0 Å². The van der Waals surface area contributed by atoms with Crippen LogP contribution in [0.1, 0.15) is 16.1 Å². The molecule has 2 atom stereocenters. The minimum atomic E-state index is -1.38. The highest BCUT2D eigenvalue weighted by molar-refractivity contribution is 5.95. The van der Waals surface area contributed by atoms with Crippen molar-refractivity contribution >= 4 is 5.91 Å². The number of hydrogen-bond acceptors (Lipinski definition) is 3. The highest BCUT2D eigenvalue weighted by atomic mass is 19.1. The number of nitrogens with zero attached hydrogens (tertiary/aromatic N) is 2. The molecule has 1 fully saturated rings. The molecule has 1 aromatic carbocycles. The Morgan fingerprint density at radius 2 is 2.10 bits per heavy atom. The van der Waals surface area contributed by atoms with Crippen molar-refractivity contribution in [1.29, 1.82) is 0 Å². The molecular formula is C15H16FN3O2. The van der Waals surface area contributed by atoms with Crippen LogP contribution in [0.3, 0.4) is 0 Å². The molecule has 1 aliphatic heterocycles. The number of aliphatic hydroxyl groups excluding tert-OH is 1. The average Bonchev–Trinajstić information content (AvgIpc) is 3.03. The number of likely N-dealkylation sites (tertiary alicyclic amines) is 1. The number of aromatic nitrogens is 2. The van der Waals surface area contributed by atoms with Gasteiger partial charge in [-0.2, -0.15) is 5.10 Å². The first-order valence-electron chi connectivity index (χ1n) is 6.79. The summed E-state index contributed by atoms with van der Waals surface area (Å²) in [5.74, 6) is -0.332. The molecule has 0 saturated carbocycles. The number of hydrogen-bond donors (Lipinski definition) is 2. The minimum absolute atomic E-state index is 0.0130. The van der Waals surface area contributed by atoms with Gasteiger partial charge in [0, 0.05) is 17.7 Å². The van der Waals surface area contributed by atoms with Crippen molar-refractivity contribution in [3.63, 3.8) is 0 Å². The first-order valence-corrected chi connectivity index (χ1v) is 6.79. The summed E-state index contributed by atoms with van der Waals surface area (Å²) < 4.78 is 13.3. The Labute approximate surface area is 121 Å². The van der Waals surface area contributed by atoms with Gasteiger partial charge in [-0.15, -0.1) is 0 Å². The zero-order valence-corrected chi connectivity index (χ0v) is 11.6. The van der Waals surface area contributed by atoms with Gasteiger partial charge in [-0.1, -0.05) is 30.3 Å². The van der Waals surface area contributed by atoms with Crippen molar-refractivity contribution in [2.24, 2.45) is 0 Å². The first kappa shape index (κ1) is 13.8. The predicted molar refractivity (Wildman–Crippen MR) is 75.6 cm³/mol. The van der Waals surface area contributed by atoms with Crippen LogP contribution in [0.2, 0.25) is 0 Å². The minimum Gasteiger partial charge on any atom is -0.388 e. The van der Waals surface area contributed by atoms with Gasteiger partial charge in [0.05, 0.1) is 12.2 Å². The number of β-amino-alcohol motifs (C(OH)–C–C–N with tert-alkyl or cyclic N) is 1. The lowest BCUT2D eigenvalue weighted by molar-refractivity contribution is 0.0758. The lowest BCUT2D eigenvalue weighted by Gasteiger charge is -2.14. The molecule has 6 heteroatoms. The van der Waals surface area contributed by atoms with Crippen LogP contribution in [0.25, 0.3) is 11.3 Å². The number of aromatic amines is 1. The Morgan fingerprint density at radius 3 is 2.71 bits per heavy atom. The first-order chi connectivity index (χ1) is 10.1. The van der Waals surface area contributed by atoms with Gasteiger partial charge in [-0.25, -0.2) is 4.39 Å². The van der Waals surface area contributed by atoms with E-state index < -0.39 is 12.3 Å². The van der Waals surface area contributed by atoms with Gasteiger partial charge >= 0.3 is 0 Å². The van der Waals surface area contributed by atoms with Crippen LogP contribution in [-0.4, -0.2) is 51.5 Å². The molecular weight excluding hydrogens is 273 g/mol. The van der Waals surface area contributed by atoms with Crippen LogP contribution in [0.5, 0.6) is 0 Å². The van der Waals surface area contributed by atoms with Gasteiger partial charge in [0.2, 0.25) is 0 Å². The van der Waals surface area contributed by atoms with E-state index in [-0.39, 0.29) is 19.0 Å². The molecule has 1 amide bonds. The Bertz CT molecular complexity index is 646. The fraction of sp³-hybridized carbons (Fsp3) is 0.333. The summed E-state index contributed by atoms with van der Waals surface area (Å²) in [6, 6.07) is 9.53. The zero-order valence-electron chi connectivity index (χ0n) is 11.6. The second kappa shape index (κ2) is 5.29. The highest BCUT2D eigenvalue weighted by Crippen LogP contribution is 2.24. The Kier molecular flexibility index (Phi) is 3.47. The SMILES string of the molecule is Cc1c(-c2ccccc2)n[nH]c1C(=O)N1C[C@@H](O)[C@H](F)C1. The summed E-state index contributed by atoms with van der Waals surface area (Å²) in [5, 5.41) is 16.3. The second-order valence-electron chi connectivity index (χ2n) is 5.23. The lowest BCUT2D eigenvalue weighted by atomic mass is 10.1. The summed E-state index contributed by atoms with van der Waals surface area (Å²) in [7, 11) is 0. The zero-order chi connectivity index (χ0) is 15.0. The molecule has 21 heavy (non-hydrogen) atoms. The van der Waals surface area contributed by atoms with E-state index in [0.717, 1.165) is 11.1 Å². The van der Waals surface area contributed by atoms with Gasteiger partial charge in [0.15, 0.2) is 0 Å². The van der Waals surface area contributed by atoms with E-state index in [4.69, 9.17) is 0 Å². The number of aliphatic hydroxyl groups is 1. The monoisotopic (exact) mass is 289 g/mol. The summed E-state index contributed by atoms with van der Waals surface area (Å²) in [6.45, 7) is 1.73. The van der Waals surface area contributed by atoms with Crippen molar-refractivity contribution in [3.8, 4) is 11.3 Å². The number of H-pyrrole nitrogens is 1. The maximum Gasteiger partial charge on any atom is 0.272 e. The number of amides is 1. The fourth-order valence-corrected chi connectivity index (χ4v) is 2.55. The molecule has 0 unspecified atom stereocenters. The van der Waals surface area contributed by atoms with Gasteiger partial charge in [0.1, 0.15) is 18.0 Å². The smallest absolute Gasteiger partial charge is 0.272 e. The van der Waals surface area contributed by atoms with Crippen LogP contribution in [0.15, 0.2) is 30.3 Å². The fourth-order valence-electron chi connectivity index (χ4n) is 2.55. The largest absolute Gasteiger partial charge is 0.388 e. The second-order valence-corrected chi connectivity index (χ2v) is 5.23. The number of alkyl halides is 1. The Morgan fingerprint density at radius 1 is 1.38 bits per heavy atom. The Hall–Kier alpha value is -2.21. The van der Waals surface area contributed by atoms with E-state index in [1.54, 1.807) is 6.92 Å². The quantitative estimate of drug-likeness (QED) is 0.881. The topological polar surface area (TPSA) is 69.2 Å². The molecule has 2 heterocycles. The van der Waals surface area contributed by atoms with Crippen molar-refractivity contribution in [2.45, 2.75) is 19.2 Å². The molecule has 0 radical (unpaired) electrons. The third-order valence-electron chi connectivity index (χ3n) is 3.78. The molecule has 0 spiro atoms. The van der Waals surface area contributed by atoms with E-state index in [9.17, 15) is 14.3 Å². The maximum atomic E-state index is 13.3. The summed E-state index contributed by atoms with van der Waals surface area (Å²) in [4.78, 5) is 13.7. The number of halogens is 1. The molecule has 2 N–H and O–H groups in total. The third-order valence-corrected chi connectivity index (χ3v) is 3.78. The van der Waals surface area contributed by atoms with Gasteiger partial charge < -0.3 is 10.0 Å². The molecule has 3 rings (SSSR count). The van der Waals surface area contributed by atoms with E-state index in [2.05, 4.69) is 10.2 Å². The molecule has 1 saturated heterocycles. The molecule has 110 valence electrons. The van der Waals surface area contributed by atoms with E-state index in [1.807, 2.05) is 30.3 Å². The maximum absolute atomic E-state index is 13.3. The van der Waals surface area contributed by atoms with Gasteiger partial charge in [-0.3, -0.25) is 9.89 Å². The number of benzene rings is 1. The Balaban J connectivity index is 1.88. The van der Waals surface area contributed by atoms with Crippen LogP contribution < -0.4 is 0 Å². The highest BCUT2D eigenvalue weighted by Gasteiger charge is 2.35. The lowest BCUT2D eigenvalue weighted by Crippen LogP contribution is -2.30. The van der Waals surface area contributed by atoms with Gasteiger partial charge in [0.25, 0.3) is 5.91 Å². The number of nitrogens with one attached hydrogen (secondary N) is 1. The van der Waals surface area contributed by atoms with Crippen molar-refractivity contribution in [2.75, 3.05) is 13.1 Å². The molecule has 0 aliphatic carbocycles. The van der Waals surface area contributed by atoms with E-state index in [1.165, 1.54) is 4.90 Å². The van der Waals surface area contributed by atoms with Crippen molar-refractivity contribution < 1.29 is 14.3 Å². The molecule has 0 bridgehead atoms. The van der Waals surface area contributed by atoms with E-state index in [0.29, 0.717) is 11.4 Å². The van der Waals surface area contributed by atoms with Crippen molar-refractivity contribution in [1.82, 2.24) is 15.1 Å². The normalized spacial score (nSPS) is 21.8. The van der Waals surface area contributed by atoms with E-state index >= 15 is 0 Å². The summed E-state index contributed by atoms with van der Waals surface area (Å²) in [6.07, 6.45) is -2.49. The number of carbonyl (C=O) groups is 1. The molecule has 1 aliphatic rings.